The van der Waals surface area contributed by atoms with Gasteiger partial charge in [0.15, 0.2) is 0 Å². The smallest absolute Gasteiger partial charge is 0.122 e. The minimum absolute atomic E-state index is 0.396. The molecule has 1 fully saturated rings. The highest BCUT2D eigenvalue weighted by molar-refractivity contribution is 5.34. The number of likely N-dealkylation sites (N-methyl/N-ethyl adjacent to an activating group) is 1. The zero-order valence-electron chi connectivity index (χ0n) is 12.2. The van der Waals surface area contributed by atoms with Crippen LogP contribution in [-0.2, 0) is 11.2 Å². The highest BCUT2D eigenvalue weighted by Crippen LogP contribution is 2.29. The largest absolute Gasteiger partial charge is 0.496 e. The van der Waals surface area contributed by atoms with Gasteiger partial charge in [-0.05, 0) is 37.9 Å². The molecule has 0 saturated carbocycles. The van der Waals surface area contributed by atoms with Gasteiger partial charge in [-0.15, -0.1) is 0 Å². The molecule has 3 nitrogen and oxygen atoms in total. The van der Waals surface area contributed by atoms with Crippen LogP contribution in [0.5, 0.6) is 5.75 Å². The van der Waals surface area contributed by atoms with Gasteiger partial charge in [0, 0.05) is 18.6 Å². The van der Waals surface area contributed by atoms with Gasteiger partial charge in [-0.3, -0.25) is 0 Å². The SMILES string of the molecule is CCC1OCCC1C(Cc1ccccc1OC)NC. The molecule has 0 spiro atoms. The third-order valence-electron chi connectivity index (χ3n) is 4.18. The normalized spacial score (nSPS) is 24.4. The van der Waals surface area contributed by atoms with Crippen molar-refractivity contribution in [2.24, 2.45) is 5.92 Å². The standard InChI is InChI=1S/C16H25NO2/c1-4-15-13(9-10-19-15)14(17-2)11-12-7-5-6-8-16(12)18-3/h5-8,13-15,17H,4,9-11H2,1-3H3. The van der Waals surface area contributed by atoms with Crippen LogP contribution < -0.4 is 10.1 Å². The van der Waals surface area contributed by atoms with Crippen LogP contribution in [0.1, 0.15) is 25.3 Å². The third-order valence-corrected chi connectivity index (χ3v) is 4.18. The summed E-state index contributed by atoms with van der Waals surface area (Å²) in [6.45, 7) is 3.10. The Kier molecular flexibility index (Phi) is 5.23. The van der Waals surface area contributed by atoms with E-state index in [2.05, 4.69) is 24.4 Å². The van der Waals surface area contributed by atoms with Crippen molar-refractivity contribution in [1.82, 2.24) is 5.32 Å². The Labute approximate surface area is 116 Å². The van der Waals surface area contributed by atoms with Crippen molar-refractivity contribution in [3.63, 3.8) is 0 Å². The molecule has 0 radical (unpaired) electrons. The quantitative estimate of drug-likeness (QED) is 0.856. The first-order valence-corrected chi connectivity index (χ1v) is 7.20. The van der Waals surface area contributed by atoms with Gasteiger partial charge in [0.05, 0.1) is 13.2 Å². The first kappa shape index (κ1) is 14.4. The van der Waals surface area contributed by atoms with Crippen molar-refractivity contribution in [3.8, 4) is 5.75 Å². The summed E-state index contributed by atoms with van der Waals surface area (Å²) in [7, 11) is 3.78. The van der Waals surface area contributed by atoms with E-state index in [0.29, 0.717) is 18.1 Å². The summed E-state index contributed by atoms with van der Waals surface area (Å²) in [5.74, 6) is 1.58. The highest BCUT2D eigenvalue weighted by atomic mass is 16.5. The summed E-state index contributed by atoms with van der Waals surface area (Å²) >= 11 is 0. The van der Waals surface area contributed by atoms with Crippen LogP contribution in [0.4, 0.5) is 0 Å². The summed E-state index contributed by atoms with van der Waals surface area (Å²) in [4.78, 5) is 0. The number of hydrogen-bond donors (Lipinski definition) is 1. The predicted molar refractivity (Wildman–Crippen MR) is 77.7 cm³/mol. The van der Waals surface area contributed by atoms with Crippen LogP contribution in [0.3, 0.4) is 0 Å². The van der Waals surface area contributed by atoms with E-state index < -0.39 is 0 Å². The van der Waals surface area contributed by atoms with Crippen LogP contribution in [0, 0.1) is 5.92 Å². The van der Waals surface area contributed by atoms with E-state index in [4.69, 9.17) is 9.47 Å². The van der Waals surface area contributed by atoms with Crippen molar-refractivity contribution in [1.29, 1.82) is 0 Å². The minimum atomic E-state index is 0.396. The monoisotopic (exact) mass is 263 g/mol. The van der Waals surface area contributed by atoms with Gasteiger partial charge in [0.1, 0.15) is 5.75 Å². The number of methoxy groups -OCH3 is 1. The Morgan fingerprint density at radius 3 is 2.89 bits per heavy atom. The van der Waals surface area contributed by atoms with Gasteiger partial charge in [0.2, 0.25) is 0 Å². The molecule has 3 unspecified atom stereocenters. The number of ether oxygens (including phenoxy) is 2. The Balaban J connectivity index is 2.10. The second-order valence-corrected chi connectivity index (χ2v) is 5.18. The van der Waals surface area contributed by atoms with E-state index in [1.54, 1.807) is 7.11 Å². The minimum Gasteiger partial charge on any atom is -0.496 e. The molecule has 1 saturated heterocycles. The molecule has 0 amide bonds. The molecule has 0 aliphatic carbocycles. The number of rotatable bonds is 6. The number of benzene rings is 1. The molecule has 0 bridgehead atoms. The van der Waals surface area contributed by atoms with Gasteiger partial charge in [-0.2, -0.15) is 0 Å². The van der Waals surface area contributed by atoms with Crippen LogP contribution in [0.15, 0.2) is 24.3 Å². The second kappa shape index (κ2) is 6.92. The van der Waals surface area contributed by atoms with Crippen LogP contribution in [-0.4, -0.2) is 32.9 Å². The van der Waals surface area contributed by atoms with Crippen LogP contribution in [0.25, 0.3) is 0 Å². The summed E-state index contributed by atoms with van der Waals surface area (Å²) in [5, 5.41) is 3.47. The molecule has 1 N–H and O–H groups in total. The first-order valence-electron chi connectivity index (χ1n) is 7.20. The van der Waals surface area contributed by atoms with E-state index >= 15 is 0 Å². The number of para-hydroxylation sites is 1. The molecule has 1 aliphatic rings. The lowest BCUT2D eigenvalue weighted by molar-refractivity contribution is 0.0782. The molecule has 106 valence electrons. The van der Waals surface area contributed by atoms with E-state index in [1.165, 1.54) is 5.56 Å². The lowest BCUT2D eigenvalue weighted by Crippen LogP contribution is -2.39. The summed E-state index contributed by atoms with van der Waals surface area (Å²) in [6, 6.07) is 8.73. The fraction of sp³-hybridized carbons (Fsp3) is 0.625. The summed E-state index contributed by atoms with van der Waals surface area (Å²) < 4.78 is 11.3. The molecule has 3 heteroatoms. The molecule has 1 aliphatic heterocycles. The van der Waals surface area contributed by atoms with E-state index in [1.807, 2.05) is 19.2 Å². The van der Waals surface area contributed by atoms with E-state index in [0.717, 1.165) is 31.6 Å². The van der Waals surface area contributed by atoms with Crippen molar-refractivity contribution in [2.75, 3.05) is 20.8 Å². The lowest BCUT2D eigenvalue weighted by Gasteiger charge is -2.27. The van der Waals surface area contributed by atoms with Gasteiger partial charge in [-0.25, -0.2) is 0 Å². The summed E-state index contributed by atoms with van der Waals surface area (Å²) in [6.07, 6.45) is 3.63. The molecular weight excluding hydrogens is 238 g/mol. The number of nitrogens with one attached hydrogen (secondary N) is 1. The molecule has 1 aromatic carbocycles. The maximum Gasteiger partial charge on any atom is 0.122 e. The van der Waals surface area contributed by atoms with Gasteiger partial charge in [0.25, 0.3) is 0 Å². The van der Waals surface area contributed by atoms with Crippen molar-refractivity contribution >= 4 is 0 Å². The molecular formula is C16H25NO2. The Morgan fingerprint density at radius 1 is 1.42 bits per heavy atom. The van der Waals surface area contributed by atoms with Crippen molar-refractivity contribution < 1.29 is 9.47 Å². The highest BCUT2D eigenvalue weighted by Gasteiger charge is 2.33. The second-order valence-electron chi connectivity index (χ2n) is 5.18. The fourth-order valence-corrected chi connectivity index (χ4v) is 3.12. The predicted octanol–water partition coefficient (Wildman–Crippen LogP) is 2.64. The molecule has 2 rings (SSSR count). The van der Waals surface area contributed by atoms with Gasteiger partial charge in [-0.1, -0.05) is 25.1 Å². The zero-order valence-corrected chi connectivity index (χ0v) is 12.2. The maximum absolute atomic E-state index is 5.82. The van der Waals surface area contributed by atoms with E-state index in [-0.39, 0.29) is 0 Å². The van der Waals surface area contributed by atoms with Crippen molar-refractivity contribution in [3.05, 3.63) is 29.8 Å². The first-order chi connectivity index (χ1) is 9.30. The molecule has 3 atom stereocenters. The molecule has 1 aromatic rings. The van der Waals surface area contributed by atoms with Crippen LogP contribution in [0.2, 0.25) is 0 Å². The average Bonchev–Trinajstić information content (AvgIpc) is 2.93. The average molecular weight is 263 g/mol. The maximum atomic E-state index is 5.82. The van der Waals surface area contributed by atoms with E-state index in [9.17, 15) is 0 Å². The Bertz CT molecular complexity index is 394. The Hall–Kier alpha value is -1.06. The molecule has 1 heterocycles. The Morgan fingerprint density at radius 2 is 2.21 bits per heavy atom. The van der Waals surface area contributed by atoms with Gasteiger partial charge < -0.3 is 14.8 Å². The third kappa shape index (κ3) is 3.28. The number of hydrogen-bond acceptors (Lipinski definition) is 3. The fourth-order valence-electron chi connectivity index (χ4n) is 3.12. The zero-order chi connectivity index (χ0) is 13.7. The summed E-state index contributed by atoms with van der Waals surface area (Å²) in [5.41, 5.74) is 1.27. The van der Waals surface area contributed by atoms with Crippen molar-refractivity contribution in [2.45, 2.75) is 38.3 Å². The molecule has 19 heavy (non-hydrogen) atoms. The van der Waals surface area contributed by atoms with Crippen LogP contribution >= 0.6 is 0 Å². The lowest BCUT2D eigenvalue weighted by atomic mass is 9.87. The topological polar surface area (TPSA) is 30.5 Å². The van der Waals surface area contributed by atoms with Gasteiger partial charge >= 0.3 is 0 Å². The molecule has 0 aromatic heterocycles.